The molecule has 1 aromatic rings. The van der Waals surface area contributed by atoms with E-state index < -0.39 is 0 Å². The SMILES string of the molecule is COC1CCCC(Oc2cncc(Br)c2)C1. The smallest absolute Gasteiger partial charge is 0.139 e. The molecular formula is C12H16BrNO2. The van der Waals surface area contributed by atoms with Crippen molar-refractivity contribution in [2.45, 2.75) is 37.9 Å². The third kappa shape index (κ3) is 3.19. The minimum Gasteiger partial charge on any atom is -0.489 e. The second kappa shape index (κ2) is 5.64. The first-order valence-electron chi connectivity index (χ1n) is 5.58. The van der Waals surface area contributed by atoms with Gasteiger partial charge in [-0.15, -0.1) is 0 Å². The van der Waals surface area contributed by atoms with E-state index in [4.69, 9.17) is 9.47 Å². The topological polar surface area (TPSA) is 31.4 Å². The van der Waals surface area contributed by atoms with Gasteiger partial charge in [0.15, 0.2) is 0 Å². The van der Waals surface area contributed by atoms with E-state index in [1.54, 1.807) is 19.5 Å². The molecule has 2 unspecified atom stereocenters. The molecular weight excluding hydrogens is 270 g/mol. The van der Waals surface area contributed by atoms with Crippen LogP contribution in [0.3, 0.4) is 0 Å². The summed E-state index contributed by atoms with van der Waals surface area (Å²) in [7, 11) is 1.77. The molecule has 1 heterocycles. The summed E-state index contributed by atoms with van der Waals surface area (Å²) in [6.07, 6.45) is 8.51. The van der Waals surface area contributed by atoms with Crippen LogP contribution in [-0.2, 0) is 4.74 Å². The second-order valence-electron chi connectivity index (χ2n) is 4.10. The van der Waals surface area contributed by atoms with Crippen molar-refractivity contribution in [3.8, 4) is 5.75 Å². The van der Waals surface area contributed by atoms with E-state index in [-0.39, 0.29) is 6.10 Å². The van der Waals surface area contributed by atoms with Crippen LogP contribution in [0.5, 0.6) is 5.75 Å². The predicted molar refractivity (Wildman–Crippen MR) is 65.6 cm³/mol. The van der Waals surface area contributed by atoms with Crippen molar-refractivity contribution < 1.29 is 9.47 Å². The first-order chi connectivity index (χ1) is 7.78. The highest BCUT2D eigenvalue weighted by Gasteiger charge is 2.23. The summed E-state index contributed by atoms with van der Waals surface area (Å²) in [6.45, 7) is 0. The van der Waals surface area contributed by atoms with Crippen molar-refractivity contribution in [1.29, 1.82) is 0 Å². The first kappa shape index (κ1) is 11.9. The molecule has 1 saturated carbocycles. The molecule has 0 spiro atoms. The highest BCUT2D eigenvalue weighted by molar-refractivity contribution is 9.10. The molecule has 0 aromatic carbocycles. The van der Waals surface area contributed by atoms with Crippen LogP contribution in [-0.4, -0.2) is 24.3 Å². The van der Waals surface area contributed by atoms with E-state index in [0.29, 0.717) is 6.10 Å². The standard InChI is InChI=1S/C12H16BrNO2/c1-15-10-3-2-4-11(6-10)16-12-5-9(13)7-14-8-12/h5,7-8,10-11H,2-4,6H2,1H3. The van der Waals surface area contributed by atoms with Crippen molar-refractivity contribution in [2.75, 3.05) is 7.11 Å². The molecule has 0 saturated heterocycles. The summed E-state index contributed by atoms with van der Waals surface area (Å²) in [6, 6.07) is 1.95. The average molecular weight is 286 g/mol. The Bertz CT molecular complexity index is 346. The Morgan fingerprint density at radius 3 is 2.88 bits per heavy atom. The molecule has 1 aliphatic rings. The Balaban J connectivity index is 1.94. The van der Waals surface area contributed by atoms with Gasteiger partial charge >= 0.3 is 0 Å². The summed E-state index contributed by atoms with van der Waals surface area (Å²) in [5, 5.41) is 0. The molecule has 0 N–H and O–H groups in total. The Hall–Kier alpha value is -0.610. The number of methoxy groups -OCH3 is 1. The summed E-state index contributed by atoms with van der Waals surface area (Å²) < 4.78 is 12.2. The van der Waals surface area contributed by atoms with E-state index in [9.17, 15) is 0 Å². The van der Waals surface area contributed by atoms with Gasteiger partial charge in [-0.2, -0.15) is 0 Å². The van der Waals surface area contributed by atoms with Gasteiger partial charge in [0.05, 0.1) is 12.3 Å². The fraction of sp³-hybridized carbons (Fsp3) is 0.583. The Morgan fingerprint density at radius 1 is 1.31 bits per heavy atom. The molecule has 0 amide bonds. The molecule has 2 rings (SSSR count). The van der Waals surface area contributed by atoms with Crippen LogP contribution < -0.4 is 4.74 Å². The van der Waals surface area contributed by atoms with Crippen LogP contribution in [0.2, 0.25) is 0 Å². The van der Waals surface area contributed by atoms with Gasteiger partial charge in [-0.1, -0.05) is 0 Å². The lowest BCUT2D eigenvalue weighted by Crippen LogP contribution is -2.29. The van der Waals surface area contributed by atoms with Gasteiger partial charge in [0.25, 0.3) is 0 Å². The van der Waals surface area contributed by atoms with Crippen molar-refractivity contribution in [2.24, 2.45) is 0 Å². The van der Waals surface area contributed by atoms with Gasteiger partial charge in [0, 0.05) is 24.2 Å². The van der Waals surface area contributed by atoms with Gasteiger partial charge in [0.2, 0.25) is 0 Å². The van der Waals surface area contributed by atoms with Crippen molar-refractivity contribution in [3.05, 3.63) is 22.9 Å². The largest absolute Gasteiger partial charge is 0.489 e. The summed E-state index contributed by atoms with van der Waals surface area (Å²) >= 11 is 3.39. The van der Waals surface area contributed by atoms with Gasteiger partial charge in [-0.25, -0.2) is 0 Å². The Morgan fingerprint density at radius 2 is 2.12 bits per heavy atom. The van der Waals surface area contributed by atoms with E-state index in [1.165, 1.54) is 6.42 Å². The molecule has 3 nitrogen and oxygen atoms in total. The van der Waals surface area contributed by atoms with Crippen LogP contribution in [0.15, 0.2) is 22.9 Å². The van der Waals surface area contributed by atoms with Crippen LogP contribution in [0, 0.1) is 0 Å². The van der Waals surface area contributed by atoms with Crippen molar-refractivity contribution >= 4 is 15.9 Å². The third-order valence-corrected chi connectivity index (χ3v) is 3.33. The molecule has 1 aliphatic carbocycles. The van der Waals surface area contributed by atoms with Crippen LogP contribution in [0.4, 0.5) is 0 Å². The third-order valence-electron chi connectivity index (χ3n) is 2.89. The normalized spacial score (nSPS) is 25.4. The number of pyridine rings is 1. The molecule has 1 fully saturated rings. The number of rotatable bonds is 3. The van der Waals surface area contributed by atoms with Crippen molar-refractivity contribution in [3.63, 3.8) is 0 Å². The summed E-state index contributed by atoms with van der Waals surface area (Å²) in [4.78, 5) is 4.09. The van der Waals surface area contributed by atoms with E-state index in [1.807, 2.05) is 6.07 Å². The van der Waals surface area contributed by atoms with Crippen LogP contribution in [0.1, 0.15) is 25.7 Å². The fourth-order valence-corrected chi connectivity index (χ4v) is 2.42. The van der Waals surface area contributed by atoms with Gasteiger partial charge in [-0.3, -0.25) is 4.98 Å². The fourth-order valence-electron chi connectivity index (χ4n) is 2.07. The number of halogens is 1. The predicted octanol–water partition coefficient (Wildman–Crippen LogP) is 3.18. The highest BCUT2D eigenvalue weighted by atomic mass is 79.9. The lowest BCUT2D eigenvalue weighted by molar-refractivity contribution is 0.0208. The number of ether oxygens (including phenoxy) is 2. The molecule has 2 atom stereocenters. The molecule has 4 heteroatoms. The van der Waals surface area contributed by atoms with Gasteiger partial charge < -0.3 is 9.47 Å². The van der Waals surface area contributed by atoms with Crippen LogP contribution >= 0.6 is 15.9 Å². The number of hydrogen-bond donors (Lipinski definition) is 0. The lowest BCUT2D eigenvalue weighted by atomic mass is 9.95. The Kier molecular flexibility index (Phi) is 4.18. The number of aromatic nitrogens is 1. The zero-order chi connectivity index (χ0) is 11.4. The number of hydrogen-bond acceptors (Lipinski definition) is 3. The molecule has 0 bridgehead atoms. The molecule has 16 heavy (non-hydrogen) atoms. The van der Waals surface area contributed by atoms with Crippen LogP contribution in [0.25, 0.3) is 0 Å². The van der Waals surface area contributed by atoms with Crippen molar-refractivity contribution in [1.82, 2.24) is 4.98 Å². The zero-order valence-electron chi connectivity index (χ0n) is 9.36. The first-order valence-corrected chi connectivity index (χ1v) is 6.37. The molecule has 1 aromatic heterocycles. The van der Waals surface area contributed by atoms with E-state index in [2.05, 4.69) is 20.9 Å². The van der Waals surface area contributed by atoms with Gasteiger partial charge in [-0.05, 0) is 41.3 Å². The maximum Gasteiger partial charge on any atom is 0.139 e. The molecule has 0 aliphatic heterocycles. The molecule has 88 valence electrons. The highest BCUT2D eigenvalue weighted by Crippen LogP contribution is 2.25. The minimum atomic E-state index is 0.259. The lowest BCUT2D eigenvalue weighted by Gasteiger charge is -2.28. The number of nitrogens with zero attached hydrogens (tertiary/aromatic N) is 1. The quantitative estimate of drug-likeness (QED) is 0.855. The monoisotopic (exact) mass is 285 g/mol. The van der Waals surface area contributed by atoms with E-state index >= 15 is 0 Å². The summed E-state index contributed by atoms with van der Waals surface area (Å²) in [5.41, 5.74) is 0. The second-order valence-corrected chi connectivity index (χ2v) is 5.02. The van der Waals surface area contributed by atoms with Gasteiger partial charge in [0.1, 0.15) is 11.9 Å². The van der Waals surface area contributed by atoms with E-state index in [0.717, 1.165) is 29.5 Å². The summed E-state index contributed by atoms with van der Waals surface area (Å²) in [5.74, 6) is 0.830. The zero-order valence-corrected chi connectivity index (χ0v) is 10.9. The molecule has 0 radical (unpaired) electrons. The maximum atomic E-state index is 5.90. The Labute approximate surface area is 104 Å². The minimum absolute atomic E-state index is 0.259. The average Bonchev–Trinajstić information content (AvgIpc) is 2.29. The maximum absolute atomic E-state index is 5.90.